The summed E-state index contributed by atoms with van der Waals surface area (Å²) in [5.74, 6) is -0.824. The monoisotopic (exact) mass is 295 g/mol. The number of carbonyl (C=O) groups excluding carboxylic acids is 1. The first-order chi connectivity index (χ1) is 9.56. The van der Waals surface area contributed by atoms with Crippen molar-refractivity contribution < 1.29 is 14.7 Å². The fraction of sp³-hybridized carbons (Fsp3) is 0.467. The van der Waals surface area contributed by atoms with Crippen molar-refractivity contribution in [3.8, 4) is 0 Å². The van der Waals surface area contributed by atoms with Gasteiger partial charge in [-0.1, -0.05) is 17.7 Å². The highest BCUT2D eigenvalue weighted by Crippen LogP contribution is 2.32. The highest BCUT2D eigenvalue weighted by atomic mass is 35.5. The van der Waals surface area contributed by atoms with Crippen molar-refractivity contribution in [3.63, 3.8) is 0 Å². The molecule has 0 heterocycles. The van der Waals surface area contributed by atoms with Crippen LogP contribution in [0.15, 0.2) is 18.2 Å². The number of rotatable bonds is 6. The maximum absolute atomic E-state index is 11.8. The second-order valence-corrected chi connectivity index (χ2v) is 5.54. The predicted molar refractivity (Wildman–Crippen MR) is 76.8 cm³/mol. The molecule has 20 heavy (non-hydrogen) atoms. The number of nitrogens with one attached hydrogen (secondary N) is 1. The Bertz CT molecular complexity index is 516. The molecule has 1 amide bonds. The third-order valence-electron chi connectivity index (χ3n) is 3.56. The van der Waals surface area contributed by atoms with Crippen LogP contribution in [0.2, 0.25) is 5.02 Å². The molecule has 5 heteroatoms. The average Bonchev–Trinajstić information content (AvgIpc) is 2.77. The second kappa shape index (κ2) is 6.75. The molecule has 0 spiro atoms. The minimum absolute atomic E-state index is 0.0109. The van der Waals surface area contributed by atoms with E-state index in [4.69, 9.17) is 16.7 Å². The van der Waals surface area contributed by atoms with Crippen LogP contribution < -0.4 is 5.32 Å². The number of carboxylic acid groups (broad SMARTS) is 1. The van der Waals surface area contributed by atoms with E-state index in [-0.39, 0.29) is 18.4 Å². The molecule has 0 saturated heterocycles. The van der Waals surface area contributed by atoms with Crippen LogP contribution in [0, 0.1) is 0 Å². The van der Waals surface area contributed by atoms with Crippen molar-refractivity contribution in [2.75, 3.05) is 0 Å². The van der Waals surface area contributed by atoms with E-state index in [1.807, 2.05) is 18.2 Å². The van der Waals surface area contributed by atoms with Gasteiger partial charge in [0.1, 0.15) is 0 Å². The quantitative estimate of drug-likeness (QED) is 0.793. The Morgan fingerprint density at radius 1 is 1.30 bits per heavy atom. The molecule has 1 aliphatic carbocycles. The number of aryl methyl sites for hydroxylation is 1. The molecular weight excluding hydrogens is 278 g/mol. The van der Waals surface area contributed by atoms with Crippen LogP contribution in [-0.2, 0) is 16.0 Å². The zero-order valence-electron chi connectivity index (χ0n) is 11.2. The molecule has 4 nitrogen and oxygen atoms in total. The van der Waals surface area contributed by atoms with Crippen LogP contribution in [0.25, 0.3) is 0 Å². The summed E-state index contributed by atoms with van der Waals surface area (Å²) in [4.78, 5) is 22.2. The Morgan fingerprint density at radius 3 is 2.80 bits per heavy atom. The molecular formula is C15H18ClNO3. The molecule has 2 N–H and O–H groups in total. The van der Waals surface area contributed by atoms with Gasteiger partial charge in [0.2, 0.25) is 5.91 Å². The summed E-state index contributed by atoms with van der Waals surface area (Å²) in [6, 6.07) is 5.84. The number of amides is 1. The van der Waals surface area contributed by atoms with Crippen LogP contribution in [0.4, 0.5) is 0 Å². The number of fused-ring (bicyclic) bond motifs is 1. The van der Waals surface area contributed by atoms with Crippen molar-refractivity contribution in [1.29, 1.82) is 0 Å². The van der Waals surface area contributed by atoms with E-state index in [9.17, 15) is 9.59 Å². The summed E-state index contributed by atoms with van der Waals surface area (Å²) < 4.78 is 0. The number of benzene rings is 1. The van der Waals surface area contributed by atoms with Gasteiger partial charge in [-0.2, -0.15) is 0 Å². The normalized spacial score (nSPS) is 16.8. The van der Waals surface area contributed by atoms with E-state index >= 15 is 0 Å². The van der Waals surface area contributed by atoms with Crippen LogP contribution in [-0.4, -0.2) is 17.0 Å². The lowest BCUT2D eigenvalue weighted by atomic mass is 10.1. The van der Waals surface area contributed by atoms with Gasteiger partial charge < -0.3 is 10.4 Å². The first-order valence-electron chi connectivity index (χ1n) is 6.86. The number of halogens is 1. The summed E-state index contributed by atoms with van der Waals surface area (Å²) in [6.07, 6.45) is 3.49. The average molecular weight is 296 g/mol. The van der Waals surface area contributed by atoms with E-state index in [0.717, 1.165) is 23.4 Å². The second-order valence-electron chi connectivity index (χ2n) is 5.10. The van der Waals surface area contributed by atoms with Crippen LogP contribution in [0.1, 0.15) is 49.3 Å². The molecule has 0 saturated carbocycles. The first-order valence-corrected chi connectivity index (χ1v) is 7.23. The molecule has 1 aromatic rings. The van der Waals surface area contributed by atoms with E-state index in [1.165, 1.54) is 5.56 Å². The van der Waals surface area contributed by atoms with Crippen molar-refractivity contribution >= 4 is 23.5 Å². The van der Waals surface area contributed by atoms with Crippen LogP contribution in [0.3, 0.4) is 0 Å². The lowest BCUT2D eigenvalue weighted by Gasteiger charge is -2.14. The molecule has 1 aliphatic rings. The summed E-state index contributed by atoms with van der Waals surface area (Å²) in [5.41, 5.74) is 2.35. The molecule has 1 atom stereocenters. The Hall–Kier alpha value is -1.55. The van der Waals surface area contributed by atoms with Gasteiger partial charge in [-0.15, -0.1) is 0 Å². The van der Waals surface area contributed by atoms with E-state index in [2.05, 4.69) is 5.32 Å². The molecule has 0 bridgehead atoms. The molecule has 0 fully saturated rings. The molecule has 2 rings (SSSR count). The van der Waals surface area contributed by atoms with Gasteiger partial charge >= 0.3 is 5.97 Å². The number of hydrogen-bond acceptors (Lipinski definition) is 2. The molecule has 0 aliphatic heterocycles. The third-order valence-corrected chi connectivity index (χ3v) is 3.80. The molecule has 0 radical (unpaired) electrons. The summed E-state index contributed by atoms with van der Waals surface area (Å²) in [7, 11) is 0. The zero-order valence-corrected chi connectivity index (χ0v) is 11.9. The summed E-state index contributed by atoms with van der Waals surface area (Å²) in [6.45, 7) is 0. The number of unbranched alkanes of at least 4 members (excludes halogenated alkanes) is 1. The van der Waals surface area contributed by atoms with Crippen molar-refractivity contribution in [2.24, 2.45) is 0 Å². The van der Waals surface area contributed by atoms with Crippen molar-refractivity contribution in [3.05, 3.63) is 34.3 Å². The highest BCUT2D eigenvalue weighted by Gasteiger charge is 2.23. The Kier molecular flexibility index (Phi) is 5.01. The fourth-order valence-electron chi connectivity index (χ4n) is 2.56. The van der Waals surface area contributed by atoms with Gasteiger partial charge in [-0.05, 0) is 48.9 Å². The Labute approximate surface area is 123 Å². The van der Waals surface area contributed by atoms with Gasteiger partial charge in [0, 0.05) is 17.9 Å². The smallest absolute Gasteiger partial charge is 0.303 e. The molecule has 0 aromatic heterocycles. The highest BCUT2D eigenvalue weighted by molar-refractivity contribution is 6.30. The van der Waals surface area contributed by atoms with Gasteiger partial charge in [-0.25, -0.2) is 0 Å². The Balaban J connectivity index is 1.80. The van der Waals surface area contributed by atoms with Crippen molar-refractivity contribution in [2.45, 2.75) is 44.6 Å². The number of aliphatic carboxylic acids is 1. The standard InChI is InChI=1S/C15H18ClNO3/c16-11-6-7-12-10(9-11)5-8-13(12)17-14(18)3-1-2-4-15(19)20/h6-7,9,13H,1-5,8H2,(H,17,18)(H,19,20). The maximum Gasteiger partial charge on any atom is 0.303 e. The number of carboxylic acids is 1. The number of hydrogen-bond donors (Lipinski definition) is 2. The number of carbonyl (C=O) groups is 2. The van der Waals surface area contributed by atoms with E-state index in [0.29, 0.717) is 19.3 Å². The minimum atomic E-state index is -0.813. The largest absolute Gasteiger partial charge is 0.481 e. The Morgan fingerprint density at radius 2 is 2.05 bits per heavy atom. The van der Waals surface area contributed by atoms with Crippen molar-refractivity contribution in [1.82, 2.24) is 5.32 Å². The van der Waals surface area contributed by atoms with Gasteiger partial charge in [0.05, 0.1) is 6.04 Å². The first kappa shape index (κ1) is 14.9. The molecule has 1 aromatic carbocycles. The molecule has 108 valence electrons. The topological polar surface area (TPSA) is 66.4 Å². The predicted octanol–water partition coefficient (Wildman–Crippen LogP) is 3.09. The van der Waals surface area contributed by atoms with Gasteiger partial charge in [-0.3, -0.25) is 9.59 Å². The van der Waals surface area contributed by atoms with Crippen LogP contribution >= 0.6 is 11.6 Å². The summed E-state index contributed by atoms with van der Waals surface area (Å²) >= 11 is 5.95. The SMILES string of the molecule is O=C(O)CCCCC(=O)NC1CCc2cc(Cl)ccc21. The minimum Gasteiger partial charge on any atom is -0.481 e. The lowest BCUT2D eigenvalue weighted by molar-refractivity contribution is -0.137. The van der Waals surface area contributed by atoms with Crippen LogP contribution in [0.5, 0.6) is 0 Å². The van der Waals surface area contributed by atoms with Gasteiger partial charge in [0.25, 0.3) is 0 Å². The fourth-order valence-corrected chi connectivity index (χ4v) is 2.76. The van der Waals surface area contributed by atoms with E-state index < -0.39 is 5.97 Å². The van der Waals surface area contributed by atoms with Gasteiger partial charge in [0.15, 0.2) is 0 Å². The third kappa shape index (κ3) is 3.97. The summed E-state index contributed by atoms with van der Waals surface area (Å²) in [5, 5.41) is 12.3. The van der Waals surface area contributed by atoms with E-state index in [1.54, 1.807) is 0 Å². The molecule has 1 unspecified atom stereocenters. The zero-order chi connectivity index (χ0) is 14.5. The lowest BCUT2D eigenvalue weighted by Crippen LogP contribution is -2.26. The maximum atomic E-state index is 11.8.